The van der Waals surface area contributed by atoms with Gasteiger partial charge >= 0.3 is 5.97 Å². The van der Waals surface area contributed by atoms with Crippen LogP contribution in [0.2, 0.25) is 0 Å². The van der Waals surface area contributed by atoms with Gasteiger partial charge in [0.25, 0.3) is 0 Å². The van der Waals surface area contributed by atoms with Crippen molar-refractivity contribution >= 4 is 40.7 Å². The predicted octanol–water partition coefficient (Wildman–Crippen LogP) is 5.35. The summed E-state index contributed by atoms with van der Waals surface area (Å²) in [4.78, 5) is 39.0. The van der Waals surface area contributed by atoms with Crippen molar-refractivity contribution in [2.45, 2.75) is 57.0 Å². The van der Waals surface area contributed by atoms with Crippen LogP contribution in [0.5, 0.6) is 5.75 Å². The number of carboxylic acid groups (broad SMARTS) is 1. The van der Waals surface area contributed by atoms with E-state index < -0.39 is 34.6 Å². The average Bonchev–Trinajstić information content (AvgIpc) is 3.81. The highest BCUT2D eigenvalue weighted by molar-refractivity contribution is 5.97. The first-order valence-corrected chi connectivity index (χ1v) is 13.8. The fraction of sp³-hybridized carbons (Fsp3) is 0.387. The smallest absolute Gasteiger partial charge is 0.341 e. The van der Waals surface area contributed by atoms with Gasteiger partial charge in [0, 0.05) is 38.2 Å². The van der Waals surface area contributed by atoms with Crippen molar-refractivity contribution in [2.24, 2.45) is 5.73 Å². The van der Waals surface area contributed by atoms with Gasteiger partial charge in [-0.3, -0.25) is 9.59 Å². The molecule has 2 aliphatic rings. The number of anilines is 1. The molecule has 1 atom stereocenters. The number of nitrogens with two attached hydrogens (primary N) is 1. The molecule has 0 amide bonds. The van der Waals surface area contributed by atoms with E-state index in [4.69, 9.17) is 10.5 Å². The molecule has 11 heteroatoms. The van der Waals surface area contributed by atoms with Gasteiger partial charge in [-0.15, -0.1) is 12.4 Å². The van der Waals surface area contributed by atoms with Crippen LogP contribution < -0.4 is 20.8 Å². The SMILES string of the molecule is COc1c(N2CCC/C(=C(\F)CCC(=O)[C@@H](N)Cc3ccccc3)C2)c(F)cc2c(=O)c(C(=O)O)cn(C3CC3)c12.Cl. The van der Waals surface area contributed by atoms with Gasteiger partial charge in [0.1, 0.15) is 22.9 Å². The number of nitrogens with zero attached hydrogens (tertiary/aromatic N) is 2. The molecule has 1 aliphatic carbocycles. The molecule has 0 radical (unpaired) electrons. The summed E-state index contributed by atoms with van der Waals surface area (Å²) in [5, 5.41) is 9.48. The van der Waals surface area contributed by atoms with Crippen LogP contribution in [0, 0.1) is 5.82 Å². The van der Waals surface area contributed by atoms with Crippen LogP contribution in [0.4, 0.5) is 14.5 Å². The number of pyridine rings is 1. The van der Waals surface area contributed by atoms with Crippen molar-refractivity contribution < 1.29 is 28.2 Å². The summed E-state index contributed by atoms with van der Waals surface area (Å²) in [5.41, 5.74) is 6.70. The fourth-order valence-electron chi connectivity index (χ4n) is 5.59. The number of fused-ring (bicyclic) bond motifs is 1. The van der Waals surface area contributed by atoms with Crippen LogP contribution >= 0.6 is 12.4 Å². The van der Waals surface area contributed by atoms with E-state index in [1.165, 1.54) is 13.3 Å². The number of ether oxygens (including phenoxy) is 1. The maximum Gasteiger partial charge on any atom is 0.341 e. The maximum absolute atomic E-state index is 15.7. The highest BCUT2D eigenvalue weighted by Gasteiger charge is 2.32. The van der Waals surface area contributed by atoms with E-state index in [-0.39, 0.29) is 60.4 Å². The molecule has 0 bridgehead atoms. The van der Waals surface area contributed by atoms with E-state index in [0.29, 0.717) is 36.9 Å². The number of halogens is 3. The number of aromatic carboxylic acids is 1. The Bertz CT molecular complexity index is 1590. The van der Waals surface area contributed by atoms with Gasteiger partial charge < -0.3 is 25.0 Å². The Morgan fingerprint density at radius 3 is 2.55 bits per heavy atom. The zero-order valence-electron chi connectivity index (χ0n) is 23.3. The van der Waals surface area contributed by atoms with Crippen molar-refractivity contribution in [3.63, 3.8) is 0 Å². The number of carbonyl (C=O) groups is 2. The number of benzene rings is 2. The molecule has 224 valence electrons. The highest BCUT2D eigenvalue weighted by atomic mass is 35.5. The van der Waals surface area contributed by atoms with Crippen molar-refractivity contribution in [2.75, 3.05) is 25.1 Å². The Morgan fingerprint density at radius 2 is 1.90 bits per heavy atom. The lowest BCUT2D eigenvalue weighted by Gasteiger charge is -2.33. The van der Waals surface area contributed by atoms with Crippen molar-refractivity contribution in [1.29, 1.82) is 0 Å². The van der Waals surface area contributed by atoms with Crippen LogP contribution in [-0.2, 0) is 11.2 Å². The van der Waals surface area contributed by atoms with Crippen molar-refractivity contribution in [3.8, 4) is 5.75 Å². The van der Waals surface area contributed by atoms with E-state index in [0.717, 1.165) is 24.5 Å². The van der Waals surface area contributed by atoms with Crippen LogP contribution in [0.15, 0.2) is 58.8 Å². The summed E-state index contributed by atoms with van der Waals surface area (Å²) in [6.45, 7) is 0.521. The lowest BCUT2D eigenvalue weighted by molar-refractivity contribution is -0.120. The first kappa shape index (κ1) is 31.2. The van der Waals surface area contributed by atoms with Gasteiger partial charge in [-0.2, -0.15) is 0 Å². The van der Waals surface area contributed by atoms with E-state index in [1.54, 1.807) is 9.47 Å². The normalized spacial score (nSPS) is 17.0. The largest absolute Gasteiger partial charge is 0.492 e. The van der Waals surface area contributed by atoms with Gasteiger partial charge in [-0.1, -0.05) is 30.3 Å². The molecule has 2 heterocycles. The molecule has 8 nitrogen and oxygen atoms in total. The van der Waals surface area contributed by atoms with Crippen LogP contribution in [0.3, 0.4) is 0 Å². The highest BCUT2D eigenvalue weighted by Crippen LogP contribution is 2.44. The first-order valence-electron chi connectivity index (χ1n) is 13.8. The van der Waals surface area contributed by atoms with Gasteiger partial charge in [-0.05, 0) is 49.3 Å². The molecule has 0 spiro atoms. The number of aromatic nitrogens is 1. The summed E-state index contributed by atoms with van der Waals surface area (Å²) in [7, 11) is 1.37. The minimum absolute atomic E-state index is 0. The second-order valence-electron chi connectivity index (χ2n) is 10.7. The second-order valence-corrected chi connectivity index (χ2v) is 10.7. The molecule has 1 aliphatic heterocycles. The van der Waals surface area contributed by atoms with E-state index >= 15 is 8.78 Å². The number of ketones is 1. The average molecular weight is 602 g/mol. The Kier molecular flexibility index (Phi) is 9.68. The molecule has 2 aromatic carbocycles. The Balaban J connectivity index is 0.00000405. The standard InChI is InChI=1S/C31H33F2N3O5.ClH/c1-41-30-27-21(29(38)22(31(39)40)17-36(27)20-9-10-20)15-24(33)28(30)35-13-5-8-19(16-35)23(32)11-12-26(37)25(34)14-18-6-3-2-4-7-18;/h2-4,6-7,15,17,20,25H,5,8-14,16,34H2,1H3,(H,39,40);1H/b23-19+;/t25-;/m0./s1. The number of hydrogen-bond acceptors (Lipinski definition) is 6. The van der Waals surface area contributed by atoms with Gasteiger partial charge in [-0.25, -0.2) is 13.6 Å². The molecule has 1 saturated carbocycles. The summed E-state index contributed by atoms with van der Waals surface area (Å²) in [5.74, 6) is -2.64. The predicted molar refractivity (Wildman–Crippen MR) is 159 cm³/mol. The van der Waals surface area contributed by atoms with Gasteiger partial charge in [0.2, 0.25) is 5.43 Å². The lowest BCUT2D eigenvalue weighted by Crippen LogP contribution is -2.33. The summed E-state index contributed by atoms with van der Waals surface area (Å²) in [6, 6.07) is 9.72. The first-order chi connectivity index (χ1) is 19.7. The van der Waals surface area contributed by atoms with Crippen molar-refractivity contribution in [1.82, 2.24) is 4.57 Å². The molecule has 1 aromatic heterocycles. The zero-order chi connectivity index (χ0) is 29.3. The minimum Gasteiger partial charge on any atom is -0.492 e. The maximum atomic E-state index is 15.7. The molecular weight excluding hydrogens is 568 g/mol. The van der Waals surface area contributed by atoms with Crippen LogP contribution in [-0.4, -0.2) is 47.7 Å². The van der Waals surface area contributed by atoms with Crippen LogP contribution in [0.25, 0.3) is 10.9 Å². The second kappa shape index (κ2) is 13.0. The molecule has 3 N–H and O–H groups in total. The molecule has 42 heavy (non-hydrogen) atoms. The third kappa shape index (κ3) is 6.34. The summed E-state index contributed by atoms with van der Waals surface area (Å²) >= 11 is 0. The molecule has 3 aromatic rings. The number of carbonyl (C=O) groups excluding carboxylic acids is 1. The molecular formula is C31H34ClF2N3O5. The number of allylic oxidation sites excluding steroid dienone is 1. The van der Waals surface area contributed by atoms with E-state index in [1.807, 2.05) is 30.3 Å². The molecule has 1 saturated heterocycles. The number of hydrogen-bond donors (Lipinski definition) is 2. The quantitative estimate of drug-likeness (QED) is 0.322. The van der Waals surface area contributed by atoms with Gasteiger partial charge in [0.15, 0.2) is 11.6 Å². The third-order valence-electron chi connectivity index (χ3n) is 7.86. The van der Waals surface area contributed by atoms with Crippen LogP contribution in [0.1, 0.15) is 60.5 Å². The zero-order valence-corrected chi connectivity index (χ0v) is 24.1. The molecule has 5 rings (SSSR count). The fourth-order valence-corrected chi connectivity index (χ4v) is 5.59. The van der Waals surface area contributed by atoms with Crippen molar-refractivity contribution in [3.05, 3.63) is 81.2 Å². The summed E-state index contributed by atoms with van der Waals surface area (Å²) in [6.07, 6.45) is 4.18. The number of carboxylic acids is 1. The summed E-state index contributed by atoms with van der Waals surface area (Å²) < 4.78 is 38.4. The lowest BCUT2D eigenvalue weighted by atomic mass is 9.97. The Labute approximate surface area is 248 Å². The number of Topliss-reactive ketones (excluding diaryl/α,β-unsaturated/α-hetero) is 1. The molecule has 0 unspecified atom stereocenters. The number of piperidine rings is 1. The minimum atomic E-state index is -1.38. The van der Waals surface area contributed by atoms with E-state index in [2.05, 4.69) is 0 Å². The van der Waals surface area contributed by atoms with Gasteiger partial charge in [0.05, 0.1) is 24.1 Å². The topological polar surface area (TPSA) is 115 Å². The monoisotopic (exact) mass is 601 g/mol. The van der Waals surface area contributed by atoms with E-state index in [9.17, 15) is 19.5 Å². The Hall–Kier alpha value is -3.76. The number of methoxy groups -OCH3 is 1. The third-order valence-corrected chi connectivity index (χ3v) is 7.86. The molecule has 2 fully saturated rings. The Morgan fingerprint density at radius 1 is 1.19 bits per heavy atom. The number of rotatable bonds is 10.